The Morgan fingerprint density at radius 1 is 0.415 bits per heavy atom. The van der Waals surface area contributed by atoms with Crippen molar-refractivity contribution in [1.29, 1.82) is 0 Å². The fraction of sp³-hybridized carbons (Fsp3) is 0. The molecule has 4 aromatic heterocycles. The molecule has 246 valence electrons. The molecule has 0 aliphatic carbocycles. The lowest BCUT2D eigenvalue weighted by Gasteiger charge is -2.12. The van der Waals surface area contributed by atoms with Crippen molar-refractivity contribution in [3.8, 4) is 33.8 Å². The van der Waals surface area contributed by atoms with Crippen molar-refractivity contribution in [3.05, 3.63) is 176 Å². The van der Waals surface area contributed by atoms with Crippen LogP contribution >= 0.6 is 11.3 Å². The van der Waals surface area contributed by atoms with Gasteiger partial charge in [-0.1, -0.05) is 127 Å². The van der Waals surface area contributed by atoms with E-state index < -0.39 is 0 Å². The molecule has 4 heterocycles. The Kier molecular flexibility index (Phi) is 5.93. The number of benzene rings is 8. The zero-order chi connectivity index (χ0) is 34.6. The molecular formula is C49H29N3S. The van der Waals surface area contributed by atoms with Crippen LogP contribution in [0.4, 0.5) is 0 Å². The van der Waals surface area contributed by atoms with Crippen molar-refractivity contribution in [2.75, 3.05) is 0 Å². The van der Waals surface area contributed by atoms with Gasteiger partial charge in [0.15, 0.2) is 0 Å². The summed E-state index contributed by atoms with van der Waals surface area (Å²) < 4.78 is 7.48. The smallest absolute Gasteiger partial charge is 0.137 e. The molecule has 53 heavy (non-hydrogen) atoms. The minimum Gasteiger partial charge on any atom is -0.309 e. The second kappa shape index (κ2) is 10.9. The summed E-state index contributed by atoms with van der Waals surface area (Å²) >= 11 is 1.91. The minimum atomic E-state index is 0.927. The van der Waals surface area contributed by atoms with Crippen LogP contribution in [0.25, 0.3) is 108 Å². The molecule has 0 fully saturated rings. The number of hydrogen-bond acceptors (Lipinski definition) is 2. The maximum absolute atomic E-state index is 4.84. The minimum absolute atomic E-state index is 0.927. The van der Waals surface area contributed by atoms with E-state index in [0.29, 0.717) is 0 Å². The van der Waals surface area contributed by atoms with Crippen molar-refractivity contribution >= 4 is 85.9 Å². The number of para-hydroxylation sites is 1. The first-order valence-corrected chi connectivity index (χ1v) is 18.9. The van der Waals surface area contributed by atoms with Gasteiger partial charge in [0, 0.05) is 59.0 Å². The molecule has 0 bridgehead atoms. The summed E-state index contributed by atoms with van der Waals surface area (Å²) in [5.74, 6) is 0.927. The maximum Gasteiger partial charge on any atom is 0.137 e. The average Bonchev–Trinajstić information content (AvgIpc) is 3.89. The van der Waals surface area contributed by atoms with E-state index in [0.717, 1.165) is 17.0 Å². The Balaban J connectivity index is 1.13. The Morgan fingerprint density at radius 2 is 1.11 bits per heavy atom. The second-order valence-corrected chi connectivity index (χ2v) is 14.9. The van der Waals surface area contributed by atoms with Gasteiger partial charge in [-0.05, 0) is 70.1 Å². The van der Waals surface area contributed by atoms with Gasteiger partial charge >= 0.3 is 0 Å². The van der Waals surface area contributed by atoms with E-state index in [1.54, 1.807) is 0 Å². The van der Waals surface area contributed by atoms with Crippen LogP contribution < -0.4 is 0 Å². The summed E-state index contributed by atoms with van der Waals surface area (Å²) in [6.07, 6.45) is 1.88. The summed E-state index contributed by atoms with van der Waals surface area (Å²) in [7, 11) is 0. The van der Waals surface area contributed by atoms with Gasteiger partial charge in [-0.2, -0.15) is 0 Å². The molecule has 0 aliphatic heterocycles. The van der Waals surface area contributed by atoms with Gasteiger partial charge in [-0.15, -0.1) is 11.3 Å². The van der Waals surface area contributed by atoms with Crippen LogP contribution in [0.2, 0.25) is 0 Å². The Labute approximate surface area is 308 Å². The third-order valence-electron chi connectivity index (χ3n) is 11.1. The summed E-state index contributed by atoms with van der Waals surface area (Å²) in [6.45, 7) is 0. The highest BCUT2D eigenvalue weighted by molar-refractivity contribution is 7.26. The lowest BCUT2D eigenvalue weighted by Crippen LogP contribution is -1.97. The van der Waals surface area contributed by atoms with Crippen LogP contribution in [0.3, 0.4) is 0 Å². The summed E-state index contributed by atoms with van der Waals surface area (Å²) in [5.41, 5.74) is 11.0. The Bertz CT molecular complexity index is 3390. The molecule has 0 saturated carbocycles. The predicted octanol–water partition coefficient (Wildman–Crippen LogP) is 13.6. The summed E-state index contributed by atoms with van der Waals surface area (Å²) in [6, 6.07) is 62.0. The molecule has 0 N–H and O–H groups in total. The largest absolute Gasteiger partial charge is 0.309 e. The lowest BCUT2D eigenvalue weighted by atomic mass is 9.99. The molecule has 12 aromatic rings. The number of thiophene rings is 1. The van der Waals surface area contributed by atoms with Crippen molar-refractivity contribution in [3.63, 3.8) is 0 Å². The number of fused-ring (bicyclic) bond motifs is 7. The highest BCUT2D eigenvalue weighted by atomic mass is 32.1. The molecule has 4 heteroatoms. The third-order valence-corrected chi connectivity index (χ3v) is 12.4. The topological polar surface area (TPSA) is 22.8 Å². The molecule has 0 amide bonds. The van der Waals surface area contributed by atoms with E-state index in [1.807, 2.05) is 23.6 Å². The quantitative estimate of drug-likeness (QED) is 0.168. The van der Waals surface area contributed by atoms with Gasteiger partial charge in [0.05, 0.1) is 22.1 Å². The maximum atomic E-state index is 4.84. The molecular weight excluding hydrogens is 663 g/mol. The fourth-order valence-corrected chi connectivity index (χ4v) is 10.3. The normalized spacial score (nSPS) is 12.2. The van der Waals surface area contributed by atoms with Gasteiger partial charge in [-0.25, -0.2) is 4.98 Å². The van der Waals surface area contributed by atoms with Gasteiger partial charge in [-0.3, -0.25) is 4.57 Å². The van der Waals surface area contributed by atoms with Crippen molar-refractivity contribution < 1.29 is 0 Å². The van der Waals surface area contributed by atoms with Crippen LogP contribution in [0, 0.1) is 0 Å². The molecule has 12 rings (SSSR count). The van der Waals surface area contributed by atoms with Crippen LogP contribution in [0.1, 0.15) is 0 Å². The van der Waals surface area contributed by atoms with Crippen LogP contribution in [0.5, 0.6) is 0 Å². The molecule has 0 unspecified atom stereocenters. The van der Waals surface area contributed by atoms with Crippen LogP contribution in [-0.4, -0.2) is 14.1 Å². The molecule has 0 atom stereocenters. The monoisotopic (exact) mass is 691 g/mol. The number of hydrogen-bond donors (Lipinski definition) is 0. The second-order valence-electron chi connectivity index (χ2n) is 13.9. The highest BCUT2D eigenvalue weighted by Crippen LogP contribution is 2.47. The van der Waals surface area contributed by atoms with Gasteiger partial charge in [0.1, 0.15) is 5.82 Å². The first-order chi connectivity index (χ1) is 26.3. The van der Waals surface area contributed by atoms with E-state index >= 15 is 0 Å². The lowest BCUT2D eigenvalue weighted by molar-refractivity contribution is 1.08. The molecule has 0 radical (unpaired) electrons. The zero-order valence-corrected chi connectivity index (χ0v) is 29.3. The van der Waals surface area contributed by atoms with E-state index in [2.05, 4.69) is 173 Å². The van der Waals surface area contributed by atoms with Crippen molar-refractivity contribution in [2.45, 2.75) is 0 Å². The first-order valence-electron chi connectivity index (χ1n) is 18.0. The van der Waals surface area contributed by atoms with Gasteiger partial charge < -0.3 is 4.57 Å². The van der Waals surface area contributed by atoms with Gasteiger partial charge in [0.25, 0.3) is 0 Å². The van der Waals surface area contributed by atoms with Crippen molar-refractivity contribution in [2.24, 2.45) is 0 Å². The third kappa shape index (κ3) is 4.01. The standard InChI is InChI=1S/C49H29N3S/c1-2-12-30(13-3-1)34-18-10-20-37-38-21-11-19-35(49(38)53-48(34)37)32-15-8-16-33(28-32)51-42-23-9-14-31-25-26-39-46(45(31)42)43(51)29-40-36-17-4-5-22-41(36)52(47(39)40)44-24-6-7-27-50-44/h1-29H. The van der Waals surface area contributed by atoms with E-state index in [9.17, 15) is 0 Å². The molecule has 3 nitrogen and oxygen atoms in total. The van der Waals surface area contributed by atoms with E-state index in [4.69, 9.17) is 4.98 Å². The molecule has 0 saturated heterocycles. The number of pyridine rings is 1. The Morgan fingerprint density at radius 3 is 1.94 bits per heavy atom. The Hall–Kier alpha value is -6.75. The van der Waals surface area contributed by atoms with Crippen LogP contribution in [0.15, 0.2) is 176 Å². The number of aromatic nitrogens is 3. The van der Waals surface area contributed by atoms with Gasteiger partial charge in [0.2, 0.25) is 0 Å². The number of rotatable bonds is 4. The highest BCUT2D eigenvalue weighted by Gasteiger charge is 2.23. The summed E-state index contributed by atoms with van der Waals surface area (Å²) in [4.78, 5) is 4.84. The first kappa shape index (κ1) is 28.9. The van der Waals surface area contributed by atoms with Crippen molar-refractivity contribution in [1.82, 2.24) is 14.1 Å². The zero-order valence-electron chi connectivity index (χ0n) is 28.5. The van der Waals surface area contributed by atoms with E-state index in [-0.39, 0.29) is 0 Å². The van der Waals surface area contributed by atoms with Crippen LogP contribution in [-0.2, 0) is 0 Å². The molecule has 8 aromatic carbocycles. The van der Waals surface area contributed by atoms with E-state index in [1.165, 1.54) is 91.3 Å². The molecule has 0 spiro atoms. The average molecular weight is 692 g/mol. The molecule has 0 aliphatic rings. The summed E-state index contributed by atoms with van der Waals surface area (Å²) in [5, 5.41) is 10.1. The SMILES string of the molecule is c1ccc(-c2cccc3c2sc2c(-c4cccc(-n5c6cccc7ccc8c(c76)c5cc5c6ccccc6n(-c6ccccn6)c58)c4)cccc23)cc1. The number of nitrogens with zero attached hydrogens (tertiary/aromatic N) is 3. The predicted molar refractivity (Wildman–Crippen MR) is 225 cm³/mol. The fourth-order valence-electron chi connectivity index (χ4n) is 8.91.